The molecule has 0 saturated heterocycles. The SMILES string of the molecule is c1ccc(-c2cccc(-c3nc(-c4cc(-c5cccc6c5oc5ccccc56)cc(-c5cccc6c5oc5ccccc56)c4)nc(-c4ccccc4-c4ccccc4)n3)c2)cc1. The van der Waals surface area contributed by atoms with Crippen molar-refractivity contribution in [3.8, 4) is 78.7 Å². The zero-order valence-electron chi connectivity index (χ0n) is 33.4. The van der Waals surface area contributed by atoms with Gasteiger partial charge in [-0.15, -0.1) is 0 Å². The van der Waals surface area contributed by atoms with Gasteiger partial charge in [-0.25, -0.2) is 15.0 Å². The topological polar surface area (TPSA) is 65.0 Å². The van der Waals surface area contributed by atoms with Crippen molar-refractivity contribution in [2.75, 3.05) is 0 Å². The maximum Gasteiger partial charge on any atom is 0.164 e. The van der Waals surface area contributed by atoms with Gasteiger partial charge in [-0.05, 0) is 69.8 Å². The van der Waals surface area contributed by atoms with Crippen molar-refractivity contribution >= 4 is 43.9 Å². The first kappa shape index (κ1) is 35.5. The second-order valence-electron chi connectivity index (χ2n) is 15.5. The number of aromatic nitrogens is 3. The van der Waals surface area contributed by atoms with Crippen LogP contribution in [0.5, 0.6) is 0 Å². The first-order valence-corrected chi connectivity index (χ1v) is 20.8. The summed E-state index contributed by atoms with van der Waals surface area (Å²) in [5.74, 6) is 1.71. The minimum Gasteiger partial charge on any atom is -0.455 e. The van der Waals surface area contributed by atoms with Gasteiger partial charge in [-0.2, -0.15) is 0 Å². The number of fused-ring (bicyclic) bond motifs is 6. The molecule has 0 radical (unpaired) electrons. The lowest BCUT2D eigenvalue weighted by atomic mass is 9.94. The molecule has 0 spiro atoms. The third kappa shape index (κ3) is 6.14. The third-order valence-electron chi connectivity index (χ3n) is 11.7. The van der Waals surface area contributed by atoms with E-state index in [0.717, 1.165) is 105 Å². The van der Waals surface area contributed by atoms with E-state index in [9.17, 15) is 0 Å². The van der Waals surface area contributed by atoms with Crippen LogP contribution in [0.3, 0.4) is 0 Å². The molecule has 0 unspecified atom stereocenters. The quantitative estimate of drug-likeness (QED) is 0.161. The summed E-state index contributed by atoms with van der Waals surface area (Å²) < 4.78 is 13.3. The van der Waals surface area contributed by atoms with Gasteiger partial charge in [0.05, 0.1) is 0 Å². The van der Waals surface area contributed by atoms with E-state index in [1.807, 2.05) is 42.5 Å². The molecule has 3 aromatic heterocycles. The molecule has 12 rings (SSSR count). The predicted molar refractivity (Wildman–Crippen MR) is 252 cm³/mol. The number of benzene rings is 9. The van der Waals surface area contributed by atoms with Crippen LogP contribution in [0.2, 0.25) is 0 Å². The summed E-state index contributed by atoms with van der Waals surface area (Å²) in [7, 11) is 0. The van der Waals surface area contributed by atoms with Gasteiger partial charge in [-0.3, -0.25) is 0 Å². The van der Waals surface area contributed by atoms with Gasteiger partial charge in [0.2, 0.25) is 0 Å². The fourth-order valence-electron chi connectivity index (χ4n) is 8.79. The predicted octanol–water partition coefficient (Wildman–Crippen LogP) is 15.3. The molecular formula is C57H35N3O2. The number of hydrogen-bond acceptors (Lipinski definition) is 5. The molecule has 0 atom stereocenters. The normalized spacial score (nSPS) is 11.5. The van der Waals surface area contributed by atoms with Crippen LogP contribution in [-0.2, 0) is 0 Å². The maximum atomic E-state index is 6.64. The first-order chi connectivity index (χ1) is 30.7. The third-order valence-corrected chi connectivity index (χ3v) is 11.7. The van der Waals surface area contributed by atoms with Crippen LogP contribution in [0.1, 0.15) is 0 Å². The molecule has 5 heteroatoms. The number of para-hydroxylation sites is 4. The minimum absolute atomic E-state index is 0.551. The minimum atomic E-state index is 0.551. The summed E-state index contributed by atoms with van der Waals surface area (Å²) in [6.45, 7) is 0. The molecule has 62 heavy (non-hydrogen) atoms. The van der Waals surface area contributed by atoms with Crippen molar-refractivity contribution in [1.82, 2.24) is 15.0 Å². The van der Waals surface area contributed by atoms with Crippen LogP contribution in [-0.4, -0.2) is 15.0 Å². The molecule has 9 aromatic carbocycles. The Morgan fingerprint density at radius 2 is 0.645 bits per heavy atom. The van der Waals surface area contributed by atoms with Crippen molar-refractivity contribution in [3.63, 3.8) is 0 Å². The second-order valence-corrected chi connectivity index (χ2v) is 15.5. The summed E-state index contributed by atoms with van der Waals surface area (Å²) in [4.78, 5) is 16.0. The Kier molecular flexibility index (Phi) is 8.42. The van der Waals surface area contributed by atoms with E-state index in [-0.39, 0.29) is 0 Å². The molecule has 0 bridgehead atoms. The van der Waals surface area contributed by atoms with Crippen molar-refractivity contribution < 1.29 is 8.83 Å². The van der Waals surface area contributed by atoms with Crippen LogP contribution in [0.4, 0.5) is 0 Å². The Balaban J connectivity index is 1.13. The molecule has 0 aliphatic carbocycles. The lowest BCUT2D eigenvalue weighted by molar-refractivity contribution is 0.670. The van der Waals surface area contributed by atoms with Gasteiger partial charge < -0.3 is 8.83 Å². The second kappa shape index (κ2) is 14.7. The van der Waals surface area contributed by atoms with E-state index in [1.54, 1.807) is 0 Å². The van der Waals surface area contributed by atoms with E-state index in [0.29, 0.717) is 17.5 Å². The highest BCUT2D eigenvalue weighted by Gasteiger charge is 2.21. The lowest BCUT2D eigenvalue weighted by Gasteiger charge is -2.14. The fraction of sp³-hybridized carbons (Fsp3) is 0. The molecule has 3 heterocycles. The zero-order valence-corrected chi connectivity index (χ0v) is 33.4. The summed E-state index contributed by atoms with van der Waals surface area (Å²) in [5.41, 5.74) is 14.2. The Morgan fingerprint density at radius 1 is 0.242 bits per heavy atom. The van der Waals surface area contributed by atoms with Gasteiger partial charge in [0.25, 0.3) is 0 Å². The summed E-state index contributed by atoms with van der Waals surface area (Å²) >= 11 is 0. The molecule has 0 N–H and O–H groups in total. The molecule has 0 fully saturated rings. The lowest BCUT2D eigenvalue weighted by Crippen LogP contribution is -2.01. The summed E-state index contributed by atoms with van der Waals surface area (Å²) in [6.07, 6.45) is 0. The van der Waals surface area contributed by atoms with Gasteiger partial charge in [0, 0.05) is 49.4 Å². The number of nitrogens with zero attached hydrogens (tertiary/aromatic N) is 3. The van der Waals surface area contributed by atoms with Crippen molar-refractivity contribution in [2.24, 2.45) is 0 Å². The Labute approximate surface area is 357 Å². The smallest absolute Gasteiger partial charge is 0.164 e. The van der Waals surface area contributed by atoms with E-state index < -0.39 is 0 Å². The Morgan fingerprint density at radius 3 is 1.27 bits per heavy atom. The molecular weight excluding hydrogens is 759 g/mol. The van der Waals surface area contributed by atoms with Crippen LogP contribution in [0.25, 0.3) is 123 Å². The standard InChI is InChI=1S/C57H35N3O2/c1-3-16-36(17-4-1)38-20-13-21-39(32-38)55-58-56(60-57(59-55)50-25-8-7-22-43(50)37-18-5-2-6-19-37)42-34-40(44-26-14-28-48-46-23-9-11-30-51(46)61-53(44)48)33-41(35-42)45-27-15-29-49-47-24-10-12-31-52(47)62-54(45)49/h1-35H. The van der Waals surface area contributed by atoms with Crippen LogP contribution in [0.15, 0.2) is 221 Å². The molecule has 5 nitrogen and oxygen atoms in total. The first-order valence-electron chi connectivity index (χ1n) is 20.8. The average Bonchev–Trinajstić information content (AvgIpc) is 3.93. The van der Waals surface area contributed by atoms with Gasteiger partial charge in [-0.1, -0.05) is 176 Å². The van der Waals surface area contributed by atoms with Crippen LogP contribution in [0, 0.1) is 0 Å². The van der Waals surface area contributed by atoms with Crippen molar-refractivity contribution in [3.05, 3.63) is 212 Å². The monoisotopic (exact) mass is 793 g/mol. The number of furan rings is 2. The van der Waals surface area contributed by atoms with E-state index in [2.05, 4.69) is 170 Å². The zero-order chi connectivity index (χ0) is 41.0. The molecule has 0 amide bonds. The van der Waals surface area contributed by atoms with Crippen LogP contribution < -0.4 is 0 Å². The van der Waals surface area contributed by atoms with Crippen molar-refractivity contribution in [2.45, 2.75) is 0 Å². The number of hydrogen-bond donors (Lipinski definition) is 0. The molecule has 0 aliphatic heterocycles. The van der Waals surface area contributed by atoms with Gasteiger partial charge in [0.15, 0.2) is 17.5 Å². The van der Waals surface area contributed by atoms with E-state index >= 15 is 0 Å². The Bertz CT molecular complexity index is 3510. The summed E-state index contributed by atoms with van der Waals surface area (Å²) in [6, 6.07) is 73.3. The van der Waals surface area contributed by atoms with Gasteiger partial charge >= 0.3 is 0 Å². The highest BCUT2D eigenvalue weighted by Crippen LogP contribution is 2.42. The van der Waals surface area contributed by atoms with Crippen LogP contribution >= 0.6 is 0 Å². The maximum absolute atomic E-state index is 6.64. The summed E-state index contributed by atoms with van der Waals surface area (Å²) in [5, 5.41) is 4.28. The van der Waals surface area contributed by atoms with E-state index in [1.165, 1.54) is 0 Å². The highest BCUT2D eigenvalue weighted by atomic mass is 16.3. The number of rotatable bonds is 7. The molecule has 12 aromatic rings. The average molecular weight is 794 g/mol. The molecule has 0 saturated carbocycles. The fourth-order valence-corrected chi connectivity index (χ4v) is 8.79. The van der Waals surface area contributed by atoms with E-state index in [4.69, 9.17) is 23.8 Å². The van der Waals surface area contributed by atoms with Gasteiger partial charge in [0.1, 0.15) is 22.3 Å². The largest absolute Gasteiger partial charge is 0.455 e. The molecule has 0 aliphatic rings. The van der Waals surface area contributed by atoms with Crippen molar-refractivity contribution in [1.29, 1.82) is 0 Å². The molecule has 290 valence electrons. The highest BCUT2D eigenvalue weighted by molar-refractivity contribution is 6.11. The Hall–Kier alpha value is -8.41.